The van der Waals surface area contributed by atoms with Crippen LogP contribution in [0.25, 0.3) is 0 Å². The predicted molar refractivity (Wildman–Crippen MR) is 86.9 cm³/mol. The monoisotopic (exact) mass is 305 g/mol. The molecule has 22 heavy (non-hydrogen) atoms. The lowest BCUT2D eigenvalue weighted by Crippen LogP contribution is -2.48. The summed E-state index contributed by atoms with van der Waals surface area (Å²) in [5.74, 6) is 0.618. The van der Waals surface area contributed by atoms with E-state index in [1.54, 1.807) is 6.20 Å². The number of urea groups is 1. The molecule has 0 aromatic carbocycles. The van der Waals surface area contributed by atoms with Gasteiger partial charge in [-0.3, -0.25) is 0 Å². The fourth-order valence-electron chi connectivity index (χ4n) is 2.80. The number of rotatable bonds is 5. The summed E-state index contributed by atoms with van der Waals surface area (Å²) in [7, 11) is 0. The molecule has 0 bridgehead atoms. The molecular formula is C17H27N3O2. The molecule has 0 radical (unpaired) electrons. The number of hydrogen-bond acceptors (Lipinski definition) is 3. The van der Waals surface area contributed by atoms with Crippen molar-refractivity contribution in [3.8, 4) is 5.88 Å². The Hall–Kier alpha value is -1.78. The number of piperidine rings is 1. The number of pyridine rings is 1. The standard InChI is InChI=1S/C17H27N3O2/c1-4-15-7-5-6-10-20(15)17(21)19-12-14-8-9-16(18-11-14)22-13(2)3/h8-9,11,13,15H,4-7,10,12H2,1-3H3,(H,19,21). The van der Waals surface area contributed by atoms with E-state index in [4.69, 9.17) is 4.74 Å². The summed E-state index contributed by atoms with van der Waals surface area (Å²) in [6.07, 6.45) is 6.34. The third-order valence-electron chi connectivity index (χ3n) is 3.96. The number of hydrogen-bond donors (Lipinski definition) is 1. The average molecular weight is 305 g/mol. The van der Waals surface area contributed by atoms with E-state index in [1.807, 2.05) is 30.9 Å². The average Bonchev–Trinajstić information content (AvgIpc) is 2.53. The predicted octanol–water partition coefficient (Wildman–Crippen LogP) is 3.34. The minimum Gasteiger partial charge on any atom is -0.475 e. The van der Waals surface area contributed by atoms with Crippen LogP contribution in [0.2, 0.25) is 0 Å². The number of likely N-dealkylation sites (tertiary alicyclic amines) is 1. The van der Waals surface area contributed by atoms with Gasteiger partial charge in [0.15, 0.2) is 0 Å². The van der Waals surface area contributed by atoms with E-state index in [0.29, 0.717) is 18.5 Å². The molecule has 122 valence electrons. The Labute approximate surface area is 133 Å². The van der Waals surface area contributed by atoms with Gasteiger partial charge in [0.25, 0.3) is 0 Å². The van der Waals surface area contributed by atoms with Gasteiger partial charge in [0, 0.05) is 31.4 Å². The highest BCUT2D eigenvalue weighted by Gasteiger charge is 2.24. The summed E-state index contributed by atoms with van der Waals surface area (Å²) >= 11 is 0. The van der Waals surface area contributed by atoms with Crippen molar-refractivity contribution in [2.75, 3.05) is 6.54 Å². The van der Waals surface area contributed by atoms with Crippen molar-refractivity contribution in [2.45, 2.75) is 65.1 Å². The molecule has 1 atom stereocenters. The molecule has 1 fully saturated rings. The van der Waals surface area contributed by atoms with Gasteiger partial charge >= 0.3 is 6.03 Å². The fourth-order valence-corrected chi connectivity index (χ4v) is 2.80. The van der Waals surface area contributed by atoms with Gasteiger partial charge in [-0.05, 0) is 45.1 Å². The van der Waals surface area contributed by atoms with Crippen LogP contribution in [0.3, 0.4) is 0 Å². The molecule has 1 unspecified atom stereocenters. The van der Waals surface area contributed by atoms with Gasteiger partial charge in [-0.15, -0.1) is 0 Å². The topological polar surface area (TPSA) is 54.5 Å². The molecule has 2 amide bonds. The number of amides is 2. The van der Waals surface area contributed by atoms with E-state index >= 15 is 0 Å². The van der Waals surface area contributed by atoms with Crippen molar-refractivity contribution in [3.05, 3.63) is 23.9 Å². The van der Waals surface area contributed by atoms with Crippen molar-refractivity contribution < 1.29 is 9.53 Å². The SMILES string of the molecule is CCC1CCCCN1C(=O)NCc1ccc(OC(C)C)nc1. The molecule has 1 aliphatic heterocycles. The highest BCUT2D eigenvalue weighted by atomic mass is 16.5. The maximum absolute atomic E-state index is 12.3. The molecule has 5 nitrogen and oxygen atoms in total. The summed E-state index contributed by atoms with van der Waals surface area (Å²) in [6, 6.07) is 4.21. The number of ether oxygens (including phenoxy) is 1. The summed E-state index contributed by atoms with van der Waals surface area (Å²) in [5, 5.41) is 3.00. The van der Waals surface area contributed by atoms with Gasteiger partial charge in [0.2, 0.25) is 5.88 Å². The van der Waals surface area contributed by atoms with E-state index in [9.17, 15) is 4.79 Å². The van der Waals surface area contributed by atoms with Crippen LogP contribution in [-0.4, -0.2) is 34.6 Å². The molecule has 2 rings (SSSR count). The van der Waals surface area contributed by atoms with Crippen LogP contribution in [0.1, 0.15) is 52.0 Å². The highest BCUT2D eigenvalue weighted by molar-refractivity contribution is 5.74. The van der Waals surface area contributed by atoms with Gasteiger partial charge in [-0.2, -0.15) is 0 Å². The largest absolute Gasteiger partial charge is 0.475 e. The van der Waals surface area contributed by atoms with Crippen LogP contribution in [0.15, 0.2) is 18.3 Å². The smallest absolute Gasteiger partial charge is 0.317 e. The van der Waals surface area contributed by atoms with Crippen molar-refractivity contribution >= 4 is 6.03 Å². The lowest BCUT2D eigenvalue weighted by molar-refractivity contribution is 0.148. The van der Waals surface area contributed by atoms with Gasteiger partial charge in [0.1, 0.15) is 0 Å². The number of nitrogens with zero attached hydrogens (tertiary/aromatic N) is 2. The van der Waals surface area contributed by atoms with Crippen LogP contribution in [0.4, 0.5) is 4.79 Å². The minimum absolute atomic E-state index is 0.0362. The Bertz CT molecular complexity index is 473. The number of nitrogens with one attached hydrogen (secondary N) is 1. The van der Waals surface area contributed by atoms with E-state index in [2.05, 4.69) is 17.2 Å². The zero-order chi connectivity index (χ0) is 15.9. The zero-order valence-electron chi connectivity index (χ0n) is 13.8. The Morgan fingerprint density at radius 2 is 2.27 bits per heavy atom. The maximum Gasteiger partial charge on any atom is 0.317 e. The van der Waals surface area contributed by atoms with Gasteiger partial charge in [-0.25, -0.2) is 9.78 Å². The molecule has 1 saturated heterocycles. The van der Waals surface area contributed by atoms with Gasteiger partial charge in [0.05, 0.1) is 6.10 Å². The third kappa shape index (κ3) is 4.61. The first-order chi connectivity index (χ1) is 10.6. The first kappa shape index (κ1) is 16.6. The first-order valence-electron chi connectivity index (χ1n) is 8.26. The number of aromatic nitrogens is 1. The second kappa shape index (κ2) is 8.01. The molecule has 0 spiro atoms. The molecule has 2 heterocycles. The third-order valence-corrected chi connectivity index (χ3v) is 3.96. The summed E-state index contributed by atoms with van der Waals surface area (Å²) < 4.78 is 5.51. The Kier molecular flexibility index (Phi) is 6.04. The van der Waals surface area contributed by atoms with E-state index < -0.39 is 0 Å². The van der Waals surface area contributed by atoms with Crippen molar-refractivity contribution in [2.24, 2.45) is 0 Å². The lowest BCUT2D eigenvalue weighted by atomic mass is 10.0. The summed E-state index contributed by atoms with van der Waals surface area (Å²) in [5.41, 5.74) is 0.981. The first-order valence-corrected chi connectivity index (χ1v) is 8.26. The van der Waals surface area contributed by atoms with Crippen LogP contribution in [0.5, 0.6) is 5.88 Å². The van der Waals surface area contributed by atoms with Gasteiger partial charge in [-0.1, -0.05) is 13.0 Å². The molecule has 0 aliphatic carbocycles. The second-order valence-electron chi connectivity index (χ2n) is 6.08. The normalized spacial score (nSPS) is 18.4. The molecular weight excluding hydrogens is 278 g/mol. The Morgan fingerprint density at radius 1 is 1.45 bits per heavy atom. The molecule has 1 aliphatic rings. The summed E-state index contributed by atoms with van der Waals surface area (Å²) in [4.78, 5) is 18.6. The number of carbonyl (C=O) groups is 1. The molecule has 0 saturated carbocycles. The van der Waals surface area contributed by atoms with Crippen LogP contribution >= 0.6 is 0 Å². The highest BCUT2D eigenvalue weighted by Crippen LogP contribution is 2.19. The molecule has 1 aromatic rings. The fraction of sp³-hybridized carbons (Fsp3) is 0.647. The van der Waals surface area contributed by atoms with Crippen LogP contribution in [-0.2, 0) is 6.54 Å². The second-order valence-corrected chi connectivity index (χ2v) is 6.08. The van der Waals surface area contributed by atoms with Crippen LogP contribution < -0.4 is 10.1 Å². The Balaban J connectivity index is 1.85. The van der Waals surface area contributed by atoms with Crippen LogP contribution in [0, 0.1) is 0 Å². The lowest BCUT2D eigenvalue weighted by Gasteiger charge is -2.35. The number of carbonyl (C=O) groups excluding carboxylic acids is 1. The van der Waals surface area contributed by atoms with E-state index in [1.165, 1.54) is 6.42 Å². The Morgan fingerprint density at radius 3 is 2.91 bits per heavy atom. The van der Waals surface area contributed by atoms with Gasteiger partial charge < -0.3 is 15.0 Å². The summed E-state index contributed by atoms with van der Waals surface area (Å²) in [6.45, 7) is 7.45. The molecule has 1 aromatic heterocycles. The van der Waals surface area contributed by atoms with Crippen molar-refractivity contribution in [3.63, 3.8) is 0 Å². The molecule has 1 N–H and O–H groups in total. The molecule has 5 heteroatoms. The van der Waals surface area contributed by atoms with E-state index in [0.717, 1.165) is 31.4 Å². The van der Waals surface area contributed by atoms with Crippen molar-refractivity contribution in [1.29, 1.82) is 0 Å². The minimum atomic E-state index is 0.0362. The van der Waals surface area contributed by atoms with E-state index in [-0.39, 0.29) is 12.1 Å². The van der Waals surface area contributed by atoms with Crippen molar-refractivity contribution in [1.82, 2.24) is 15.2 Å². The quantitative estimate of drug-likeness (QED) is 0.907. The zero-order valence-corrected chi connectivity index (χ0v) is 13.8. The maximum atomic E-state index is 12.3.